The fourth-order valence-electron chi connectivity index (χ4n) is 3.99. The summed E-state index contributed by atoms with van der Waals surface area (Å²) in [7, 11) is 3.13. The van der Waals surface area contributed by atoms with Crippen LogP contribution in [0.25, 0.3) is 0 Å². The molecule has 1 unspecified atom stereocenters. The third-order valence-electron chi connectivity index (χ3n) is 5.77. The summed E-state index contributed by atoms with van der Waals surface area (Å²) in [4.78, 5) is 12.7. The van der Waals surface area contributed by atoms with Crippen LogP contribution in [0, 0.1) is 0 Å². The normalized spacial score (nSPS) is 16.9. The van der Waals surface area contributed by atoms with E-state index in [2.05, 4.69) is 5.32 Å². The van der Waals surface area contributed by atoms with Crippen LogP contribution in [0.5, 0.6) is 17.2 Å². The largest absolute Gasteiger partial charge is 0.493 e. The second kappa shape index (κ2) is 11.0. The van der Waals surface area contributed by atoms with Crippen molar-refractivity contribution in [3.8, 4) is 17.2 Å². The molecule has 1 saturated heterocycles. The Balaban J connectivity index is 1.35. The quantitative estimate of drug-likeness (QED) is 0.489. The van der Waals surface area contributed by atoms with E-state index in [1.54, 1.807) is 26.4 Å². The zero-order valence-corrected chi connectivity index (χ0v) is 19.4. The van der Waals surface area contributed by atoms with Gasteiger partial charge in [-0.15, -0.1) is 0 Å². The van der Waals surface area contributed by atoms with Crippen molar-refractivity contribution >= 4 is 5.91 Å². The van der Waals surface area contributed by atoms with Gasteiger partial charge < -0.3 is 29.0 Å². The molecular formula is C27H29NO6. The first-order valence-electron chi connectivity index (χ1n) is 11.2. The van der Waals surface area contributed by atoms with Gasteiger partial charge in [0.15, 0.2) is 17.6 Å². The summed E-state index contributed by atoms with van der Waals surface area (Å²) in [6.07, 6.45) is -0.707. The molecule has 3 aromatic rings. The zero-order valence-electron chi connectivity index (χ0n) is 19.4. The summed E-state index contributed by atoms with van der Waals surface area (Å²) >= 11 is 0. The highest BCUT2D eigenvalue weighted by molar-refractivity contribution is 5.81. The molecule has 7 nitrogen and oxygen atoms in total. The van der Waals surface area contributed by atoms with Crippen LogP contribution in [0.3, 0.4) is 0 Å². The number of nitrogens with one attached hydrogen (secondary N) is 1. The average Bonchev–Trinajstić information content (AvgIpc) is 2.91. The van der Waals surface area contributed by atoms with Gasteiger partial charge in [0.2, 0.25) is 5.75 Å². The molecule has 1 fully saturated rings. The lowest BCUT2D eigenvalue weighted by atomic mass is 9.86. The number of hydrogen-bond acceptors (Lipinski definition) is 6. The summed E-state index contributed by atoms with van der Waals surface area (Å²) < 4.78 is 28.8. The van der Waals surface area contributed by atoms with Crippen LogP contribution in [0.2, 0.25) is 0 Å². The molecule has 4 rings (SSSR count). The molecule has 0 aliphatic carbocycles. The van der Waals surface area contributed by atoms with E-state index in [1.165, 1.54) is 0 Å². The Hall–Kier alpha value is -3.55. The molecule has 1 aliphatic rings. The minimum Gasteiger partial charge on any atom is -0.493 e. The lowest BCUT2D eigenvalue weighted by molar-refractivity contribution is -0.184. The second-order valence-electron chi connectivity index (χ2n) is 7.80. The van der Waals surface area contributed by atoms with Gasteiger partial charge in [-0.3, -0.25) is 4.79 Å². The molecule has 7 heteroatoms. The lowest BCUT2D eigenvalue weighted by Gasteiger charge is -2.40. The summed E-state index contributed by atoms with van der Waals surface area (Å²) in [6, 6.07) is 25.3. The number of benzene rings is 3. The molecule has 1 atom stereocenters. The molecule has 1 heterocycles. The molecule has 1 aliphatic heterocycles. The monoisotopic (exact) mass is 463 g/mol. The topological polar surface area (TPSA) is 75.2 Å². The zero-order chi connectivity index (χ0) is 23.8. The highest BCUT2D eigenvalue weighted by Gasteiger charge is 2.42. The van der Waals surface area contributed by atoms with Crippen molar-refractivity contribution in [2.45, 2.75) is 11.7 Å². The predicted molar refractivity (Wildman–Crippen MR) is 127 cm³/mol. The molecule has 0 aromatic heterocycles. The van der Waals surface area contributed by atoms with Crippen LogP contribution < -0.4 is 19.5 Å². The van der Waals surface area contributed by atoms with Crippen molar-refractivity contribution in [3.63, 3.8) is 0 Å². The van der Waals surface area contributed by atoms with Crippen molar-refractivity contribution in [1.29, 1.82) is 0 Å². The SMILES string of the molecule is COc1cccc(OC)c1OCCNC(=O)C1COC(c2ccccc2)(c2ccccc2)CO1. The molecule has 0 radical (unpaired) electrons. The van der Waals surface area contributed by atoms with Crippen molar-refractivity contribution in [1.82, 2.24) is 5.32 Å². The molecule has 0 spiro atoms. The molecule has 1 N–H and O–H groups in total. The van der Waals surface area contributed by atoms with Crippen LogP contribution in [-0.4, -0.2) is 52.6 Å². The molecule has 0 bridgehead atoms. The maximum Gasteiger partial charge on any atom is 0.251 e. The molecule has 178 valence electrons. The first kappa shape index (κ1) is 23.6. The minimum atomic E-state index is -0.761. The van der Waals surface area contributed by atoms with E-state index in [1.807, 2.05) is 66.7 Å². The Morgan fingerprint density at radius 1 is 0.912 bits per heavy atom. The summed E-state index contributed by atoms with van der Waals surface area (Å²) in [5.41, 5.74) is 1.21. The molecule has 3 aromatic carbocycles. The molecule has 34 heavy (non-hydrogen) atoms. The van der Waals surface area contributed by atoms with Gasteiger partial charge >= 0.3 is 0 Å². The van der Waals surface area contributed by atoms with Gasteiger partial charge in [0.05, 0.1) is 34.0 Å². The summed E-state index contributed by atoms with van der Waals surface area (Å²) in [5, 5.41) is 2.85. The Bertz CT molecular complexity index is 1000. The number of rotatable bonds is 9. The van der Waals surface area contributed by atoms with Crippen molar-refractivity contribution in [3.05, 3.63) is 90.0 Å². The van der Waals surface area contributed by atoms with Crippen LogP contribution in [0.4, 0.5) is 0 Å². The molecular weight excluding hydrogens is 434 g/mol. The van der Waals surface area contributed by atoms with Gasteiger partial charge in [0, 0.05) is 0 Å². The van der Waals surface area contributed by atoms with Crippen molar-refractivity contribution < 1.29 is 28.5 Å². The smallest absolute Gasteiger partial charge is 0.251 e. The number of ether oxygens (including phenoxy) is 5. The third kappa shape index (κ3) is 5.00. The van der Waals surface area contributed by atoms with E-state index >= 15 is 0 Å². The van der Waals surface area contributed by atoms with E-state index in [-0.39, 0.29) is 25.7 Å². The Labute approximate surface area is 199 Å². The summed E-state index contributed by atoms with van der Waals surface area (Å²) in [5.74, 6) is 1.38. The minimum absolute atomic E-state index is 0.136. The first-order valence-corrected chi connectivity index (χ1v) is 11.2. The Kier molecular flexibility index (Phi) is 7.67. The van der Waals surface area contributed by atoms with Crippen LogP contribution in [-0.2, 0) is 19.9 Å². The fourth-order valence-corrected chi connectivity index (χ4v) is 3.99. The van der Waals surface area contributed by atoms with Gasteiger partial charge in [0.25, 0.3) is 5.91 Å². The van der Waals surface area contributed by atoms with Gasteiger partial charge in [-0.2, -0.15) is 0 Å². The van der Waals surface area contributed by atoms with Gasteiger partial charge in [-0.05, 0) is 23.3 Å². The van der Waals surface area contributed by atoms with Gasteiger partial charge in [0.1, 0.15) is 12.2 Å². The highest BCUT2D eigenvalue weighted by atomic mass is 16.6. The van der Waals surface area contributed by atoms with Crippen LogP contribution in [0.15, 0.2) is 78.9 Å². The van der Waals surface area contributed by atoms with E-state index in [4.69, 9.17) is 23.7 Å². The summed E-state index contributed by atoms with van der Waals surface area (Å²) in [6.45, 7) is 0.904. The maximum atomic E-state index is 12.7. The Morgan fingerprint density at radius 3 is 2.00 bits per heavy atom. The number of hydrogen-bond donors (Lipinski definition) is 1. The number of carbonyl (C=O) groups is 1. The van der Waals surface area contributed by atoms with E-state index in [0.717, 1.165) is 11.1 Å². The highest BCUT2D eigenvalue weighted by Crippen LogP contribution is 2.38. The van der Waals surface area contributed by atoms with Crippen molar-refractivity contribution in [2.75, 3.05) is 40.6 Å². The molecule has 1 amide bonds. The number of amides is 1. The second-order valence-corrected chi connectivity index (χ2v) is 7.80. The standard InChI is InChI=1S/C27H29NO6/c1-30-22-14-9-15-23(31-2)25(22)32-17-16-28-26(29)24-18-34-27(19-33-24,20-10-5-3-6-11-20)21-12-7-4-8-13-21/h3-15,24H,16-19H2,1-2H3,(H,28,29). The van der Waals surface area contributed by atoms with Crippen LogP contribution in [0.1, 0.15) is 11.1 Å². The predicted octanol–water partition coefficient (Wildman–Crippen LogP) is 3.56. The maximum absolute atomic E-state index is 12.7. The fraction of sp³-hybridized carbons (Fsp3) is 0.296. The first-order chi connectivity index (χ1) is 16.7. The van der Waals surface area contributed by atoms with E-state index in [0.29, 0.717) is 23.8 Å². The lowest BCUT2D eigenvalue weighted by Crippen LogP contribution is -2.51. The van der Waals surface area contributed by atoms with Gasteiger partial charge in [-0.1, -0.05) is 66.7 Å². The van der Waals surface area contributed by atoms with E-state index in [9.17, 15) is 4.79 Å². The average molecular weight is 464 g/mol. The third-order valence-corrected chi connectivity index (χ3v) is 5.77. The number of para-hydroxylation sites is 1. The van der Waals surface area contributed by atoms with Crippen molar-refractivity contribution in [2.24, 2.45) is 0 Å². The van der Waals surface area contributed by atoms with Gasteiger partial charge in [-0.25, -0.2) is 0 Å². The number of methoxy groups -OCH3 is 2. The molecule has 0 saturated carbocycles. The Morgan fingerprint density at radius 2 is 1.50 bits per heavy atom. The van der Waals surface area contributed by atoms with E-state index < -0.39 is 11.7 Å². The number of carbonyl (C=O) groups excluding carboxylic acids is 1. The van der Waals surface area contributed by atoms with Crippen LogP contribution >= 0.6 is 0 Å².